The van der Waals surface area contributed by atoms with Crippen LogP contribution in [0.1, 0.15) is 22.9 Å². The van der Waals surface area contributed by atoms with E-state index in [0.717, 1.165) is 31.9 Å². The van der Waals surface area contributed by atoms with Crippen LogP contribution < -0.4 is 0 Å². The Bertz CT molecular complexity index is 846. The summed E-state index contributed by atoms with van der Waals surface area (Å²) >= 11 is 1.58. The molecule has 0 spiro atoms. The molecule has 21 heavy (non-hydrogen) atoms. The number of nitrogens with zero attached hydrogens (tertiary/aromatic N) is 1. The van der Waals surface area contributed by atoms with Gasteiger partial charge in [0.2, 0.25) is 0 Å². The van der Waals surface area contributed by atoms with E-state index in [1.165, 1.54) is 5.56 Å². The highest BCUT2D eigenvalue weighted by Crippen LogP contribution is 2.37. The van der Waals surface area contributed by atoms with Crippen molar-refractivity contribution in [2.75, 3.05) is 0 Å². The highest BCUT2D eigenvalue weighted by atomic mass is 32.1. The van der Waals surface area contributed by atoms with Gasteiger partial charge in [-0.15, -0.1) is 11.3 Å². The molecule has 0 aliphatic heterocycles. The van der Waals surface area contributed by atoms with Crippen molar-refractivity contribution in [2.24, 2.45) is 4.99 Å². The third kappa shape index (κ3) is 2.57. The molecule has 0 atom stereocenters. The zero-order valence-corrected chi connectivity index (χ0v) is 13.2. The molecule has 0 aliphatic carbocycles. The zero-order chi connectivity index (χ0) is 15.0. The molecule has 106 valence electrons. The molecule has 2 aromatic carbocycles. The predicted octanol–water partition coefficient (Wildman–Crippen LogP) is 5.36. The molecule has 2 nitrogen and oxygen atoms in total. The molecule has 0 saturated carbocycles. The van der Waals surface area contributed by atoms with E-state index >= 15 is 0 Å². The molecule has 0 amide bonds. The fourth-order valence-electron chi connectivity index (χ4n) is 2.44. The molecule has 3 rings (SSSR count). The molecular formula is C18H17NOS. The lowest BCUT2D eigenvalue weighted by atomic mass is 10.1. The highest BCUT2D eigenvalue weighted by Gasteiger charge is 2.13. The Balaban J connectivity index is 2.09. The van der Waals surface area contributed by atoms with Crippen LogP contribution >= 0.6 is 11.3 Å². The maximum absolute atomic E-state index is 10.4. The minimum Gasteiger partial charge on any atom is -0.506 e. The number of aliphatic imine (C=N–C) groups is 1. The number of hydrogen-bond acceptors (Lipinski definition) is 3. The Morgan fingerprint density at radius 3 is 2.57 bits per heavy atom. The van der Waals surface area contributed by atoms with Crippen molar-refractivity contribution in [2.45, 2.75) is 20.8 Å². The van der Waals surface area contributed by atoms with Gasteiger partial charge in [-0.1, -0.05) is 29.8 Å². The molecule has 0 saturated heterocycles. The third-order valence-corrected chi connectivity index (χ3v) is 4.81. The first-order valence-corrected chi connectivity index (χ1v) is 7.71. The number of rotatable bonds is 2. The summed E-state index contributed by atoms with van der Waals surface area (Å²) in [5, 5.41) is 11.3. The number of hydrogen-bond donors (Lipinski definition) is 1. The van der Waals surface area contributed by atoms with Gasteiger partial charge < -0.3 is 5.11 Å². The predicted molar refractivity (Wildman–Crippen MR) is 91.3 cm³/mol. The van der Waals surface area contributed by atoms with E-state index in [1.807, 2.05) is 37.3 Å². The minimum atomic E-state index is 0.335. The van der Waals surface area contributed by atoms with Gasteiger partial charge in [0.15, 0.2) is 0 Å². The van der Waals surface area contributed by atoms with Crippen molar-refractivity contribution in [3.63, 3.8) is 0 Å². The van der Waals surface area contributed by atoms with Gasteiger partial charge in [-0.2, -0.15) is 0 Å². The van der Waals surface area contributed by atoms with Crippen molar-refractivity contribution in [3.05, 3.63) is 58.5 Å². The number of thiophene rings is 1. The van der Waals surface area contributed by atoms with E-state index in [9.17, 15) is 5.11 Å². The first kappa shape index (κ1) is 13.8. The Morgan fingerprint density at radius 2 is 1.86 bits per heavy atom. The number of aryl methyl sites for hydroxylation is 2. The van der Waals surface area contributed by atoms with Crippen LogP contribution in [0.5, 0.6) is 5.75 Å². The lowest BCUT2D eigenvalue weighted by Crippen LogP contribution is -1.91. The first-order valence-electron chi connectivity index (χ1n) is 6.89. The quantitative estimate of drug-likeness (QED) is 0.634. The van der Waals surface area contributed by atoms with Crippen molar-refractivity contribution in [3.8, 4) is 5.75 Å². The third-order valence-electron chi connectivity index (χ3n) is 3.54. The molecule has 0 aliphatic rings. The van der Waals surface area contributed by atoms with Crippen molar-refractivity contribution in [1.29, 1.82) is 0 Å². The lowest BCUT2D eigenvalue weighted by Gasteiger charge is -2.04. The molecule has 1 N–H and O–H groups in total. The van der Waals surface area contributed by atoms with Gasteiger partial charge in [0, 0.05) is 10.1 Å². The summed E-state index contributed by atoms with van der Waals surface area (Å²) in [6, 6.07) is 14.1. The van der Waals surface area contributed by atoms with Crippen molar-refractivity contribution >= 4 is 32.8 Å². The average molecular weight is 295 g/mol. The van der Waals surface area contributed by atoms with Gasteiger partial charge in [0.25, 0.3) is 0 Å². The van der Waals surface area contributed by atoms with Gasteiger partial charge in [0.05, 0.1) is 16.3 Å². The van der Waals surface area contributed by atoms with Crippen LogP contribution in [-0.4, -0.2) is 10.8 Å². The minimum absolute atomic E-state index is 0.335. The van der Waals surface area contributed by atoms with Gasteiger partial charge in [0.1, 0.15) is 5.75 Å². The molecule has 1 aromatic heterocycles. The van der Waals surface area contributed by atoms with Crippen LogP contribution in [0.3, 0.4) is 0 Å². The largest absolute Gasteiger partial charge is 0.506 e. The average Bonchev–Trinajstić information content (AvgIpc) is 2.80. The van der Waals surface area contributed by atoms with Gasteiger partial charge in [-0.25, -0.2) is 0 Å². The van der Waals surface area contributed by atoms with Crippen LogP contribution in [-0.2, 0) is 0 Å². The Morgan fingerprint density at radius 1 is 1.10 bits per heavy atom. The standard InChI is InChI=1S/C18H17NOS/c1-11-8-9-15(12(2)10-11)19-13(3)18-17(20)14-6-4-5-7-16(14)21-18/h4-10,20H,1-3H3. The van der Waals surface area contributed by atoms with E-state index in [0.29, 0.717) is 5.75 Å². The smallest absolute Gasteiger partial charge is 0.143 e. The van der Waals surface area contributed by atoms with Gasteiger partial charge >= 0.3 is 0 Å². The Hall–Kier alpha value is -2.13. The second kappa shape index (κ2) is 5.34. The zero-order valence-electron chi connectivity index (χ0n) is 12.3. The maximum Gasteiger partial charge on any atom is 0.143 e. The topological polar surface area (TPSA) is 32.6 Å². The molecule has 3 heteroatoms. The van der Waals surface area contributed by atoms with Gasteiger partial charge in [-0.3, -0.25) is 4.99 Å². The molecule has 0 bridgehead atoms. The van der Waals surface area contributed by atoms with Gasteiger partial charge in [-0.05, 0) is 44.5 Å². The summed E-state index contributed by atoms with van der Waals surface area (Å²) in [5.74, 6) is 0.335. The summed E-state index contributed by atoms with van der Waals surface area (Å²) in [7, 11) is 0. The SMILES string of the molecule is CC(=Nc1ccc(C)cc1C)c1sc2ccccc2c1O. The Labute approximate surface area is 128 Å². The number of fused-ring (bicyclic) bond motifs is 1. The van der Waals surface area contributed by atoms with Crippen molar-refractivity contribution in [1.82, 2.24) is 0 Å². The van der Waals surface area contributed by atoms with Crippen LogP contribution in [0.25, 0.3) is 10.1 Å². The molecule has 1 heterocycles. The second-order valence-electron chi connectivity index (χ2n) is 5.26. The summed E-state index contributed by atoms with van der Waals surface area (Å²) in [5.41, 5.74) is 4.18. The van der Waals surface area contributed by atoms with Crippen LogP contribution in [0.15, 0.2) is 47.5 Å². The van der Waals surface area contributed by atoms with E-state index in [1.54, 1.807) is 11.3 Å². The molecule has 0 radical (unpaired) electrons. The normalized spacial score (nSPS) is 12.0. The second-order valence-corrected chi connectivity index (χ2v) is 6.32. The maximum atomic E-state index is 10.4. The lowest BCUT2D eigenvalue weighted by molar-refractivity contribution is 0.482. The summed E-state index contributed by atoms with van der Waals surface area (Å²) < 4.78 is 1.08. The van der Waals surface area contributed by atoms with E-state index in [-0.39, 0.29) is 0 Å². The van der Waals surface area contributed by atoms with E-state index < -0.39 is 0 Å². The fraction of sp³-hybridized carbons (Fsp3) is 0.167. The van der Waals surface area contributed by atoms with Crippen LogP contribution in [0.4, 0.5) is 5.69 Å². The summed E-state index contributed by atoms with van der Waals surface area (Å²) in [4.78, 5) is 5.54. The van der Waals surface area contributed by atoms with E-state index in [2.05, 4.69) is 26.0 Å². The van der Waals surface area contributed by atoms with Crippen LogP contribution in [0, 0.1) is 13.8 Å². The highest BCUT2D eigenvalue weighted by molar-refractivity contribution is 7.21. The molecule has 3 aromatic rings. The molecule has 0 unspecified atom stereocenters. The molecule has 0 fully saturated rings. The summed E-state index contributed by atoms with van der Waals surface area (Å²) in [6.45, 7) is 6.08. The Kier molecular flexibility index (Phi) is 3.52. The van der Waals surface area contributed by atoms with Crippen LogP contribution in [0.2, 0.25) is 0 Å². The van der Waals surface area contributed by atoms with Crippen molar-refractivity contribution < 1.29 is 5.11 Å². The monoisotopic (exact) mass is 295 g/mol. The first-order chi connectivity index (χ1) is 10.1. The number of aromatic hydroxyl groups is 1. The fourth-order valence-corrected chi connectivity index (χ4v) is 3.48. The van der Waals surface area contributed by atoms with E-state index in [4.69, 9.17) is 4.99 Å². The summed E-state index contributed by atoms with van der Waals surface area (Å²) in [6.07, 6.45) is 0. The molecular weight excluding hydrogens is 278 g/mol. The number of benzene rings is 2.